The molecule has 3 aliphatic heterocycles. The fraction of sp³-hybridized carbons (Fsp3) is 0.464. The first-order valence-electron chi connectivity index (χ1n) is 12.9. The third-order valence-electron chi connectivity index (χ3n) is 7.51. The molecule has 2 aromatic rings. The van der Waals surface area contributed by atoms with Crippen LogP contribution < -0.4 is 5.32 Å². The lowest BCUT2D eigenvalue weighted by atomic mass is 9.95. The minimum Gasteiger partial charge on any atom is -0.376 e. The molecule has 8 nitrogen and oxygen atoms in total. The number of aryl methyl sites for hydroxylation is 1. The van der Waals surface area contributed by atoms with Gasteiger partial charge in [-0.25, -0.2) is 4.39 Å². The van der Waals surface area contributed by atoms with E-state index in [2.05, 4.69) is 5.32 Å². The standard InChI is InChI=1S/C28H32FN3O5/c1-19-6-4-7-20(16-19)26(34)32-24(25(33)30-17-21-8-5-15-36-21)18-37-28(32)11-13-31(14-12-28)27(35)22-9-2-3-10-23(22)29/h2-4,6-7,9-10,16,21,24H,5,8,11-15,17-18H2,1H3,(H,30,33)/t21-,24-/m0/s1. The predicted octanol–water partition coefficient (Wildman–Crippen LogP) is 2.90. The van der Waals surface area contributed by atoms with Gasteiger partial charge in [-0.1, -0.05) is 29.8 Å². The molecule has 2 atom stereocenters. The zero-order valence-electron chi connectivity index (χ0n) is 21.0. The topological polar surface area (TPSA) is 88.2 Å². The van der Waals surface area contributed by atoms with E-state index < -0.39 is 23.5 Å². The number of benzene rings is 2. The van der Waals surface area contributed by atoms with Crippen LogP contribution in [0.5, 0.6) is 0 Å². The molecule has 1 spiro atoms. The molecule has 37 heavy (non-hydrogen) atoms. The summed E-state index contributed by atoms with van der Waals surface area (Å²) in [6.45, 7) is 3.60. The van der Waals surface area contributed by atoms with E-state index in [1.165, 1.54) is 12.1 Å². The van der Waals surface area contributed by atoms with Crippen LogP contribution >= 0.6 is 0 Å². The number of hydrogen-bond donors (Lipinski definition) is 1. The molecule has 3 aliphatic rings. The van der Waals surface area contributed by atoms with Crippen molar-refractivity contribution in [1.29, 1.82) is 0 Å². The Balaban J connectivity index is 1.36. The highest BCUT2D eigenvalue weighted by Gasteiger charge is 2.54. The van der Waals surface area contributed by atoms with Gasteiger partial charge in [0.15, 0.2) is 0 Å². The Labute approximate surface area is 215 Å². The van der Waals surface area contributed by atoms with E-state index >= 15 is 0 Å². The summed E-state index contributed by atoms with van der Waals surface area (Å²) in [4.78, 5) is 43.2. The average Bonchev–Trinajstić information content (AvgIpc) is 3.56. The molecule has 0 radical (unpaired) electrons. The van der Waals surface area contributed by atoms with Gasteiger partial charge >= 0.3 is 0 Å². The molecule has 2 aromatic carbocycles. The molecule has 3 fully saturated rings. The summed E-state index contributed by atoms with van der Waals surface area (Å²) in [5.41, 5.74) is 0.403. The Morgan fingerprint density at radius 2 is 1.86 bits per heavy atom. The Kier molecular flexibility index (Phi) is 7.26. The summed E-state index contributed by atoms with van der Waals surface area (Å²) in [6, 6.07) is 12.4. The van der Waals surface area contributed by atoms with E-state index in [1.54, 1.807) is 34.1 Å². The average molecular weight is 510 g/mol. The highest BCUT2D eigenvalue weighted by atomic mass is 19.1. The lowest BCUT2D eigenvalue weighted by molar-refractivity contribution is -0.128. The highest BCUT2D eigenvalue weighted by molar-refractivity contribution is 5.99. The minimum absolute atomic E-state index is 0.0184. The van der Waals surface area contributed by atoms with Crippen LogP contribution in [0, 0.1) is 12.7 Å². The van der Waals surface area contributed by atoms with Crippen molar-refractivity contribution in [2.24, 2.45) is 0 Å². The molecule has 0 unspecified atom stereocenters. The first-order chi connectivity index (χ1) is 17.9. The van der Waals surface area contributed by atoms with E-state index in [-0.39, 0.29) is 43.2 Å². The Morgan fingerprint density at radius 3 is 2.57 bits per heavy atom. The number of hydrogen-bond acceptors (Lipinski definition) is 5. The number of halogens is 1. The largest absolute Gasteiger partial charge is 0.376 e. The monoisotopic (exact) mass is 509 g/mol. The number of nitrogens with one attached hydrogen (secondary N) is 1. The second kappa shape index (κ2) is 10.6. The number of carbonyl (C=O) groups excluding carboxylic acids is 3. The number of piperidine rings is 1. The molecular weight excluding hydrogens is 477 g/mol. The SMILES string of the molecule is Cc1cccc(C(=O)N2[C@H](C(=O)NC[C@@H]3CCCO3)COC23CCN(C(=O)c2ccccc2F)CC3)c1. The molecule has 0 aliphatic carbocycles. The maximum atomic E-state index is 14.2. The van der Waals surface area contributed by atoms with E-state index in [1.807, 2.05) is 19.1 Å². The van der Waals surface area contributed by atoms with Crippen molar-refractivity contribution in [1.82, 2.24) is 15.1 Å². The minimum atomic E-state index is -1.03. The van der Waals surface area contributed by atoms with Crippen LogP contribution in [-0.4, -0.2) is 78.2 Å². The molecule has 0 aromatic heterocycles. The van der Waals surface area contributed by atoms with Gasteiger partial charge < -0.3 is 19.7 Å². The van der Waals surface area contributed by atoms with Crippen LogP contribution in [0.1, 0.15) is 52.0 Å². The molecule has 0 bridgehead atoms. The molecule has 5 rings (SSSR count). The highest BCUT2D eigenvalue weighted by Crippen LogP contribution is 2.39. The molecule has 196 valence electrons. The van der Waals surface area contributed by atoms with Crippen molar-refractivity contribution in [2.75, 3.05) is 32.8 Å². The van der Waals surface area contributed by atoms with Gasteiger partial charge in [0.2, 0.25) is 5.91 Å². The van der Waals surface area contributed by atoms with Crippen LogP contribution in [0.15, 0.2) is 48.5 Å². The zero-order valence-corrected chi connectivity index (χ0v) is 21.0. The summed E-state index contributed by atoms with van der Waals surface area (Å²) >= 11 is 0. The van der Waals surface area contributed by atoms with Crippen LogP contribution in [-0.2, 0) is 14.3 Å². The molecule has 0 saturated carbocycles. The van der Waals surface area contributed by atoms with Crippen molar-refractivity contribution in [3.63, 3.8) is 0 Å². The van der Waals surface area contributed by atoms with Crippen molar-refractivity contribution in [2.45, 2.75) is 50.5 Å². The second-order valence-electron chi connectivity index (χ2n) is 9.97. The number of rotatable bonds is 5. The van der Waals surface area contributed by atoms with E-state index in [0.717, 1.165) is 18.4 Å². The number of amides is 3. The van der Waals surface area contributed by atoms with Gasteiger partial charge in [-0.05, 0) is 44.0 Å². The first kappa shape index (κ1) is 25.4. The number of likely N-dealkylation sites (tertiary alicyclic amines) is 1. The summed E-state index contributed by atoms with van der Waals surface area (Å²) < 4.78 is 26.1. The van der Waals surface area contributed by atoms with E-state index in [0.29, 0.717) is 31.6 Å². The van der Waals surface area contributed by atoms with Crippen molar-refractivity contribution >= 4 is 17.7 Å². The number of ether oxygens (including phenoxy) is 2. The lowest BCUT2D eigenvalue weighted by Crippen LogP contribution is -2.60. The third-order valence-corrected chi connectivity index (χ3v) is 7.51. The molecule has 3 saturated heterocycles. The Morgan fingerprint density at radius 1 is 1.08 bits per heavy atom. The third kappa shape index (κ3) is 5.10. The number of nitrogens with zero attached hydrogens (tertiary/aromatic N) is 2. The predicted molar refractivity (Wildman–Crippen MR) is 133 cm³/mol. The zero-order chi connectivity index (χ0) is 26.0. The Bertz CT molecular complexity index is 1170. The van der Waals surface area contributed by atoms with Gasteiger partial charge in [0.1, 0.15) is 17.6 Å². The maximum Gasteiger partial charge on any atom is 0.256 e. The lowest BCUT2D eigenvalue weighted by Gasteiger charge is -2.44. The van der Waals surface area contributed by atoms with Crippen molar-refractivity contribution in [3.05, 3.63) is 71.0 Å². The van der Waals surface area contributed by atoms with Crippen molar-refractivity contribution < 1.29 is 28.2 Å². The van der Waals surface area contributed by atoms with Crippen LogP contribution in [0.4, 0.5) is 4.39 Å². The molecule has 1 N–H and O–H groups in total. The normalized spacial score (nSPS) is 22.9. The summed E-state index contributed by atoms with van der Waals surface area (Å²) in [5, 5.41) is 2.95. The van der Waals surface area contributed by atoms with Gasteiger partial charge in [0.25, 0.3) is 11.8 Å². The second-order valence-corrected chi connectivity index (χ2v) is 9.97. The van der Waals surface area contributed by atoms with Crippen LogP contribution in [0.3, 0.4) is 0 Å². The molecule has 3 amide bonds. The first-order valence-corrected chi connectivity index (χ1v) is 12.9. The van der Waals surface area contributed by atoms with E-state index in [4.69, 9.17) is 9.47 Å². The van der Waals surface area contributed by atoms with Gasteiger partial charge in [-0.15, -0.1) is 0 Å². The Hall–Kier alpha value is -3.30. The fourth-order valence-electron chi connectivity index (χ4n) is 5.49. The number of carbonyl (C=O) groups is 3. The van der Waals surface area contributed by atoms with E-state index in [9.17, 15) is 18.8 Å². The van der Waals surface area contributed by atoms with Gasteiger partial charge in [-0.3, -0.25) is 19.3 Å². The van der Waals surface area contributed by atoms with Gasteiger partial charge in [-0.2, -0.15) is 0 Å². The summed E-state index contributed by atoms with van der Waals surface area (Å²) in [7, 11) is 0. The van der Waals surface area contributed by atoms with Crippen molar-refractivity contribution in [3.8, 4) is 0 Å². The van der Waals surface area contributed by atoms with Gasteiger partial charge in [0, 0.05) is 44.6 Å². The summed E-state index contributed by atoms with van der Waals surface area (Å²) in [5.74, 6) is -1.52. The molecular formula is C28H32FN3O5. The summed E-state index contributed by atoms with van der Waals surface area (Å²) in [6.07, 6.45) is 2.48. The smallest absolute Gasteiger partial charge is 0.256 e. The molecule has 3 heterocycles. The fourth-order valence-corrected chi connectivity index (χ4v) is 5.49. The maximum absolute atomic E-state index is 14.2. The van der Waals surface area contributed by atoms with Crippen LogP contribution in [0.25, 0.3) is 0 Å². The van der Waals surface area contributed by atoms with Gasteiger partial charge in [0.05, 0.1) is 18.3 Å². The molecule has 9 heteroatoms. The van der Waals surface area contributed by atoms with Crippen LogP contribution in [0.2, 0.25) is 0 Å². The quantitative estimate of drug-likeness (QED) is 0.670.